The van der Waals surface area contributed by atoms with Gasteiger partial charge in [0.2, 0.25) is 5.91 Å². The van der Waals surface area contributed by atoms with Crippen molar-refractivity contribution in [2.75, 3.05) is 33.7 Å². The number of hydrogen-bond donors (Lipinski definition) is 2. The van der Waals surface area contributed by atoms with E-state index in [2.05, 4.69) is 36.4 Å². The van der Waals surface area contributed by atoms with Crippen LogP contribution in [0.15, 0.2) is 4.99 Å². The quantitative estimate of drug-likeness (QED) is 0.265. The molecule has 21 heavy (non-hydrogen) atoms. The zero-order valence-corrected chi connectivity index (χ0v) is 16.6. The number of halogens is 1. The number of guanidine groups is 1. The average Bonchev–Trinajstić information content (AvgIpc) is 2.39. The maximum Gasteiger partial charge on any atom is 0.243 e. The molecule has 2 N–H and O–H groups in total. The second-order valence-electron chi connectivity index (χ2n) is 5.72. The Labute approximate surface area is 147 Å². The van der Waals surface area contributed by atoms with Gasteiger partial charge in [-0.2, -0.15) is 0 Å². The Morgan fingerprint density at radius 3 is 2.33 bits per heavy atom. The maximum atomic E-state index is 11.6. The van der Waals surface area contributed by atoms with Crippen LogP contribution in [-0.4, -0.2) is 50.5 Å². The Kier molecular flexibility index (Phi) is 15.6. The van der Waals surface area contributed by atoms with Gasteiger partial charge >= 0.3 is 0 Å². The van der Waals surface area contributed by atoms with Gasteiger partial charge in [0.1, 0.15) is 6.54 Å². The fourth-order valence-corrected chi connectivity index (χ4v) is 1.52. The summed E-state index contributed by atoms with van der Waals surface area (Å²) < 4.78 is 0. The molecule has 0 aliphatic heterocycles. The van der Waals surface area contributed by atoms with Crippen LogP contribution in [0.4, 0.5) is 0 Å². The third-order valence-electron chi connectivity index (χ3n) is 2.87. The Hall–Kier alpha value is -0.530. The summed E-state index contributed by atoms with van der Waals surface area (Å²) in [6, 6.07) is 0. The van der Waals surface area contributed by atoms with Crippen LogP contribution in [-0.2, 0) is 4.79 Å². The predicted octanol–water partition coefficient (Wildman–Crippen LogP) is 2.46. The summed E-state index contributed by atoms with van der Waals surface area (Å²) in [5, 5.41) is 6.57. The third-order valence-corrected chi connectivity index (χ3v) is 2.87. The highest BCUT2D eigenvalue weighted by molar-refractivity contribution is 14.0. The first-order valence-corrected chi connectivity index (χ1v) is 7.69. The highest BCUT2D eigenvalue weighted by Crippen LogP contribution is 1.97. The molecule has 1 amide bonds. The fraction of sp³-hybridized carbons (Fsp3) is 0.867. The van der Waals surface area contributed by atoms with E-state index in [-0.39, 0.29) is 36.4 Å². The minimum absolute atomic E-state index is 0. The molecule has 0 atom stereocenters. The number of nitrogens with zero attached hydrogens (tertiary/aromatic N) is 2. The topological polar surface area (TPSA) is 56.7 Å². The summed E-state index contributed by atoms with van der Waals surface area (Å²) in [5.74, 6) is 1.30. The van der Waals surface area contributed by atoms with E-state index in [9.17, 15) is 4.79 Å². The van der Waals surface area contributed by atoms with E-state index in [0.29, 0.717) is 5.92 Å². The van der Waals surface area contributed by atoms with Crippen LogP contribution < -0.4 is 10.6 Å². The lowest BCUT2D eigenvalue weighted by molar-refractivity contribution is -0.127. The lowest BCUT2D eigenvalue weighted by Gasteiger charge is -2.15. The van der Waals surface area contributed by atoms with Crippen molar-refractivity contribution in [2.24, 2.45) is 10.9 Å². The van der Waals surface area contributed by atoms with Crippen LogP contribution in [0.2, 0.25) is 0 Å². The molecule has 0 aliphatic rings. The number of nitrogens with one attached hydrogen (secondary N) is 2. The van der Waals surface area contributed by atoms with Crippen LogP contribution in [0.25, 0.3) is 0 Å². The number of carbonyl (C=O) groups is 1. The number of carbonyl (C=O) groups excluding carboxylic acids is 1. The molecule has 0 fully saturated rings. The molecule has 0 spiro atoms. The van der Waals surface area contributed by atoms with Crippen molar-refractivity contribution in [3.05, 3.63) is 0 Å². The Balaban J connectivity index is 0. The Morgan fingerprint density at radius 2 is 1.81 bits per heavy atom. The number of hydrogen-bond acceptors (Lipinski definition) is 2. The van der Waals surface area contributed by atoms with Crippen LogP contribution in [0, 0.1) is 5.92 Å². The number of amides is 1. The van der Waals surface area contributed by atoms with Crippen LogP contribution in [0.5, 0.6) is 0 Å². The van der Waals surface area contributed by atoms with E-state index in [4.69, 9.17) is 0 Å². The van der Waals surface area contributed by atoms with E-state index in [0.717, 1.165) is 25.5 Å². The summed E-state index contributed by atoms with van der Waals surface area (Å²) in [4.78, 5) is 17.5. The summed E-state index contributed by atoms with van der Waals surface area (Å²) in [5.41, 5.74) is 0. The number of aliphatic imine (C=N–C) groups is 1. The number of unbranched alkanes of at least 4 members (excludes halogenated alkanes) is 3. The molecule has 126 valence electrons. The van der Waals surface area contributed by atoms with Crippen LogP contribution >= 0.6 is 24.0 Å². The van der Waals surface area contributed by atoms with Crippen molar-refractivity contribution in [3.63, 3.8) is 0 Å². The van der Waals surface area contributed by atoms with Gasteiger partial charge in [0.15, 0.2) is 5.96 Å². The molecule has 0 bridgehead atoms. The first kappa shape index (κ1) is 22.7. The monoisotopic (exact) mass is 412 g/mol. The van der Waals surface area contributed by atoms with Crippen LogP contribution in [0.1, 0.15) is 46.5 Å². The van der Waals surface area contributed by atoms with Crippen molar-refractivity contribution >= 4 is 35.8 Å². The Bertz CT molecular complexity index is 293. The van der Waals surface area contributed by atoms with E-state index >= 15 is 0 Å². The Morgan fingerprint density at radius 1 is 1.14 bits per heavy atom. The average molecular weight is 412 g/mol. The molecule has 0 aromatic carbocycles. The number of rotatable bonds is 9. The van der Waals surface area contributed by atoms with Gasteiger partial charge in [-0.3, -0.25) is 4.79 Å². The molecule has 0 aromatic rings. The highest BCUT2D eigenvalue weighted by Gasteiger charge is 2.04. The lowest BCUT2D eigenvalue weighted by Crippen LogP contribution is -2.40. The van der Waals surface area contributed by atoms with Crippen LogP contribution in [0.3, 0.4) is 0 Å². The largest absolute Gasteiger partial charge is 0.356 e. The minimum atomic E-state index is 0. The van der Waals surface area contributed by atoms with Gasteiger partial charge in [-0.15, -0.1) is 24.0 Å². The molecule has 0 aromatic heterocycles. The van der Waals surface area contributed by atoms with Gasteiger partial charge in [0.05, 0.1) is 0 Å². The molecular weight excluding hydrogens is 379 g/mol. The predicted molar refractivity (Wildman–Crippen MR) is 101 cm³/mol. The molecule has 0 heterocycles. The van der Waals surface area contributed by atoms with Gasteiger partial charge in [0.25, 0.3) is 0 Å². The molecule has 6 heteroatoms. The van der Waals surface area contributed by atoms with E-state index in [1.54, 1.807) is 19.0 Å². The van der Waals surface area contributed by atoms with Gasteiger partial charge < -0.3 is 15.5 Å². The maximum absolute atomic E-state index is 11.6. The minimum Gasteiger partial charge on any atom is -0.356 e. The van der Waals surface area contributed by atoms with Crippen molar-refractivity contribution in [1.82, 2.24) is 15.5 Å². The van der Waals surface area contributed by atoms with Gasteiger partial charge in [0, 0.05) is 27.2 Å². The molecule has 0 aliphatic carbocycles. The first-order valence-electron chi connectivity index (χ1n) is 7.69. The standard InChI is InChI=1S/C15H32N4O.HI/c1-6-7-8-9-10-16-15(17-11-13(2)3)18-12-14(20)19(4)5;/h13H,6-12H2,1-5H3,(H2,16,17,18);1H. The fourth-order valence-electron chi connectivity index (χ4n) is 1.52. The zero-order valence-electron chi connectivity index (χ0n) is 14.2. The molecule has 0 unspecified atom stereocenters. The second kappa shape index (κ2) is 14.4. The van der Waals surface area contributed by atoms with Gasteiger partial charge in [-0.1, -0.05) is 40.0 Å². The third kappa shape index (κ3) is 14.2. The lowest BCUT2D eigenvalue weighted by atomic mass is 10.2. The van der Waals surface area contributed by atoms with Crippen molar-refractivity contribution < 1.29 is 4.79 Å². The smallest absolute Gasteiger partial charge is 0.243 e. The van der Waals surface area contributed by atoms with E-state index < -0.39 is 0 Å². The van der Waals surface area contributed by atoms with Crippen molar-refractivity contribution in [1.29, 1.82) is 0 Å². The normalized spacial score (nSPS) is 11.0. The molecule has 0 rings (SSSR count). The van der Waals surface area contributed by atoms with Crippen molar-refractivity contribution in [2.45, 2.75) is 46.5 Å². The summed E-state index contributed by atoms with van der Waals surface area (Å²) in [6.45, 7) is 8.46. The summed E-state index contributed by atoms with van der Waals surface area (Å²) in [7, 11) is 3.49. The second-order valence-corrected chi connectivity index (χ2v) is 5.72. The molecule has 0 radical (unpaired) electrons. The molecule has 0 saturated carbocycles. The zero-order chi connectivity index (χ0) is 15.4. The van der Waals surface area contributed by atoms with Gasteiger partial charge in [-0.25, -0.2) is 4.99 Å². The SMILES string of the molecule is CCCCCCNC(=NCC(=O)N(C)C)NCC(C)C.I. The molecule has 5 nitrogen and oxygen atoms in total. The summed E-state index contributed by atoms with van der Waals surface area (Å²) in [6.07, 6.45) is 4.88. The van der Waals surface area contributed by atoms with Crippen molar-refractivity contribution in [3.8, 4) is 0 Å². The van der Waals surface area contributed by atoms with E-state index in [1.807, 2.05) is 0 Å². The molecular formula is C15H33IN4O. The van der Waals surface area contributed by atoms with E-state index in [1.165, 1.54) is 19.3 Å². The summed E-state index contributed by atoms with van der Waals surface area (Å²) >= 11 is 0. The first-order chi connectivity index (χ1) is 9.47. The number of likely N-dealkylation sites (N-methyl/N-ethyl adjacent to an activating group) is 1. The molecule has 0 saturated heterocycles. The highest BCUT2D eigenvalue weighted by atomic mass is 127. The van der Waals surface area contributed by atoms with Gasteiger partial charge in [-0.05, 0) is 12.3 Å².